The van der Waals surface area contributed by atoms with Gasteiger partial charge in [-0.25, -0.2) is 0 Å². The quantitative estimate of drug-likeness (QED) is 0.796. The highest BCUT2D eigenvalue weighted by atomic mass is 16.5. The summed E-state index contributed by atoms with van der Waals surface area (Å²) in [7, 11) is 1.58. The molecular formula is C12H18O3. The summed E-state index contributed by atoms with van der Waals surface area (Å²) in [5.41, 5.74) is 2.67. The van der Waals surface area contributed by atoms with Crippen LogP contribution in [0.1, 0.15) is 36.5 Å². The lowest BCUT2D eigenvalue weighted by molar-refractivity contribution is 0.270. The number of ether oxygens (including phenoxy) is 1. The van der Waals surface area contributed by atoms with Crippen LogP contribution in [0.3, 0.4) is 0 Å². The Kier molecular flexibility index (Phi) is 4.12. The Morgan fingerprint density at radius 3 is 1.87 bits per heavy atom. The van der Waals surface area contributed by atoms with Gasteiger partial charge in [-0.1, -0.05) is 13.8 Å². The maximum absolute atomic E-state index is 9.27. The van der Waals surface area contributed by atoms with Crippen molar-refractivity contribution in [3.63, 3.8) is 0 Å². The van der Waals surface area contributed by atoms with E-state index in [-0.39, 0.29) is 19.1 Å². The Labute approximate surface area is 90.3 Å². The predicted molar refractivity (Wildman–Crippen MR) is 58.9 cm³/mol. The fraction of sp³-hybridized carbons (Fsp3) is 0.500. The average Bonchev–Trinajstić information content (AvgIpc) is 2.26. The first-order valence-electron chi connectivity index (χ1n) is 5.05. The van der Waals surface area contributed by atoms with E-state index in [1.54, 1.807) is 7.11 Å². The Morgan fingerprint density at radius 1 is 1.13 bits per heavy atom. The van der Waals surface area contributed by atoms with Crippen molar-refractivity contribution in [3.8, 4) is 5.75 Å². The largest absolute Gasteiger partial charge is 0.497 e. The van der Waals surface area contributed by atoms with Crippen LogP contribution in [0.25, 0.3) is 0 Å². The Morgan fingerprint density at radius 2 is 1.60 bits per heavy atom. The molecule has 1 rings (SSSR count). The molecule has 0 bridgehead atoms. The summed E-state index contributed by atoms with van der Waals surface area (Å²) in [5.74, 6) is 0.952. The van der Waals surface area contributed by atoms with E-state index >= 15 is 0 Å². The maximum atomic E-state index is 9.27. The van der Waals surface area contributed by atoms with Crippen molar-refractivity contribution in [3.05, 3.63) is 28.8 Å². The van der Waals surface area contributed by atoms with E-state index in [1.807, 2.05) is 26.0 Å². The number of benzene rings is 1. The molecule has 2 N–H and O–H groups in total. The van der Waals surface area contributed by atoms with Gasteiger partial charge in [0.15, 0.2) is 0 Å². The minimum Gasteiger partial charge on any atom is -0.497 e. The smallest absolute Gasteiger partial charge is 0.119 e. The van der Waals surface area contributed by atoms with Crippen LogP contribution < -0.4 is 4.74 Å². The van der Waals surface area contributed by atoms with Crippen molar-refractivity contribution >= 4 is 0 Å². The summed E-state index contributed by atoms with van der Waals surface area (Å²) < 4.78 is 5.11. The van der Waals surface area contributed by atoms with Gasteiger partial charge < -0.3 is 14.9 Å². The van der Waals surface area contributed by atoms with Crippen LogP contribution in [0.5, 0.6) is 5.75 Å². The normalized spacial score (nSPS) is 10.8. The molecule has 0 aromatic heterocycles. The molecule has 0 aliphatic carbocycles. The summed E-state index contributed by atoms with van der Waals surface area (Å²) in [6.07, 6.45) is 0. The van der Waals surface area contributed by atoms with Gasteiger partial charge in [0.2, 0.25) is 0 Å². The van der Waals surface area contributed by atoms with Crippen molar-refractivity contribution in [1.29, 1.82) is 0 Å². The van der Waals surface area contributed by atoms with Crippen molar-refractivity contribution < 1.29 is 14.9 Å². The molecule has 0 heterocycles. The second-order valence-electron chi connectivity index (χ2n) is 3.83. The van der Waals surface area contributed by atoms with Gasteiger partial charge >= 0.3 is 0 Å². The predicted octanol–water partition coefficient (Wildman–Crippen LogP) is 1.80. The Balaban J connectivity index is 3.32. The highest BCUT2D eigenvalue weighted by Crippen LogP contribution is 2.28. The average molecular weight is 210 g/mol. The monoisotopic (exact) mass is 210 g/mol. The third-order valence-electron chi connectivity index (χ3n) is 2.48. The molecule has 3 heteroatoms. The molecule has 0 aliphatic rings. The molecule has 3 nitrogen and oxygen atoms in total. The van der Waals surface area contributed by atoms with Gasteiger partial charge in [0.05, 0.1) is 20.3 Å². The van der Waals surface area contributed by atoms with Crippen LogP contribution in [-0.4, -0.2) is 17.3 Å². The SMILES string of the molecule is COc1cc(CO)c(C(C)C)c(CO)c1. The molecular weight excluding hydrogens is 192 g/mol. The Bertz CT molecular complexity index is 307. The summed E-state index contributed by atoms with van der Waals surface area (Å²) in [6, 6.07) is 3.63. The second-order valence-corrected chi connectivity index (χ2v) is 3.83. The van der Waals surface area contributed by atoms with Crippen molar-refractivity contribution in [1.82, 2.24) is 0 Å². The minimum absolute atomic E-state index is 0.0300. The van der Waals surface area contributed by atoms with E-state index in [4.69, 9.17) is 4.74 Å². The number of hydrogen-bond donors (Lipinski definition) is 2. The van der Waals surface area contributed by atoms with Crippen molar-refractivity contribution in [2.24, 2.45) is 0 Å². The highest BCUT2D eigenvalue weighted by Gasteiger charge is 2.13. The summed E-state index contributed by atoms with van der Waals surface area (Å²) in [5, 5.41) is 18.5. The zero-order chi connectivity index (χ0) is 11.4. The molecule has 0 spiro atoms. The number of aliphatic hydroxyl groups excluding tert-OH is 2. The molecule has 0 unspecified atom stereocenters. The lowest BCUT2D eigenvalue weighted by Gasteiger charge is -2.17. The molecule has 0 aliphatic heterocycles. The summed E-state index contributed by atoms with van der Waals surface area (Å²) in [6.45, 7) is 4.02. The summed E-state index contributed by atoms with van der Waals surface area (Å²) in [4.78, 5) is 0. The molecule has 84 valence electrons. The molecule has 0 saturated carbocycles. The number of methoxy groups -OCH3 is 1. The molecule has 15 heavy (non-hydrogen) atoms. The van der Waals surface area contributed by atoms with E-state index in [1.165, 1.54) is 0 Å². The van der Waals surface area contributed by atoms with Gasteiger partial charge in [0.25, 0.3) is 0 Å². The van der Waals surface area contributed by atoms with Crippen LogP contribution in [0.4, 0.5) is 0 Å². The maximum Gasteiger partial charge on any atom is 0.119 e. The van der Waals surface area contributed by atoms with E-state index in [2.05, 4.69) is 0 Å². The van der Waals surface area contributed by atoms with Gasteiger partial charge in [-0.15, -0.1) is 0 Å². The lowest BCUT2D eigenvalue weighted by Crippen LogP contribution is -2.03. The molecule has 0 saturated heterocycles. The van der Waals surface area contributed by atoms with Gasteiger partial charge in [0, 0.05) is 0 Å². The second kappa shape index (κ2) is 5.14. The third-order valence-corrected chi connectivity index (χ3v) is 2.48. The molecule has 1 aromatic carbocycles. The summed E-state index contributed by atoms with van der Waals surface area (Å²) >= 11 is 0. The third kappa shape index (κ3) is 2.49. The van der Waals surface area contributed by atoms with E-state index in [9.17, 15) is 10.2 Å². The zero-order valence-corrected chi connectivity index (χ0v) is 9.45. The van der Waals surface area contributed by atoms with Gasteiger partial charge in [-0.2, -0.15) is 0 Å². The van der Waals surface area contributed by atoms with Crippen LogP contribution in [0, 0.1) is 0 Å². The van der Waals surface area contributed by atoms with Crippen LogP contribution in [0.15, 0.2) is 12.1 Å². The van der Waals surface area contributed by atoms with Gasteiger partial charge in [-0.05, 0) is 34.7 Å². The van der Waals surface area contributed by atoms with Crippen molar-refractivity contribution in [2.45, 2.75) is 33.0 Å². The number of hydrogen-bond acceptors (Lipinski definition) is 3. The topological polar surface area (TPSA) is 49.7 Å². The van der Waals surface area contributed by atoms with Crippen LogP contribution in [0.2, 0.25) is 0 Å². The first-order valence-corrected chi connectivity index (χ1v) is 5.05. The van der Waals surface area contributed by atoms with Gasteiger partial charge in [0.1, 0.15) is 5.75 Å². The zero-order valence-electron chi connectivity index (χ0n) is 9.45. The fourth-order valence-electron chi connectivity index (χ4n) is 1.87. The molecule has 0 amide bonds. The van der Waals surface area contributed by atoms with Gasteiger partial charge in [-0.3, -0.25) is 0 Å². The molecule has 0 atom stereocenters. The first-order chi connectivity index (χ1) is 7.13. The molecule has 1 aromatic rings. The number of aliphatic hydroxyl groups is 2. The minimum atomic E-state index is -0.0300. The van der Waals surface area contributed by atoms with Crippen LogP contribution in [-0.2, 0) is 13.2 Å². The standard InChI is InChI=1S/C12H18O3/c1-8(2)12-9(6-13)4-11(15-3)5-10(12)7-14/h4-5,8,13-14H,6-7H2,1-3H3. The van der Waals surface area contributed by atoms with E-state index in [0.29, 0.717) is 5.75 Å². The molecule has 0 radical (unpaired) electrons. The Hall–Kier alpha value is -1.06. The number of rotatable bonds is 4. The van der Waals surface area contributed by atoms with Crippen molar-refractivity contribution in [2.75, 3.05) is 7.11 Å². The van der Waals surface area contributed by atoms with E-state index < -0.39 is 0 Å². The van der Waals surface area contributed by atoms with Crippen LogP contribution >= 0.6 is 0 Å². The highest BCUT2D eigenvalue weighted by molar-refractivity contribution is 5.43. The lowest BCUT2D eigenvalue weighted by atomic mass is 9.92. The fourth-order valence-corrected chi connectivity index (χ4v) is 1.87. The van der Waals surface area contributed by atoms with E-state index in [0.717, 1.165) is 16.7 Å². The molecule has 0 fully saturated rings. The first kappa shape index (κ1) is 12.0.